The van der Waals surface area contributed by atoms with E-state index < -0.39 is 0 Å². The molecule has 0 saturated carbocycles. The Bertz CT molecular complexity index is 202. The summed E-state index contributed by atoms with van der Waals surface area (Å²) in [6, 6.07) is 0. The highest BCUT2D eigenvalue weighted by atomic mass is 15.4. The molecule has 1 N–H and O–H groups in total. The van der Waals surface area contributed by atoms with Gasteiger partial charge in [-0.15, -0.1) is 10.2 Å². The van der Waals surface area contributed by atoms with Crippen molar-refractivity contribution in [3.63, 3.8) is 0 Å². The van der Waals surface area contributed by atoms with Crippen molar-refractivity contribution in [2.75, 3.05) is 0 Å². The van der Waals surface area contributed by atoms with E-state index in [9.17, 15) is 0 Å². The molecule has 0 spiro atoms. The molecule has 1 aromatic rings. The van der Waals surface area contributed by atoms with Crippen LogP contribution in [0.5, 0.6) is 0 Å². The Labute approximate surface area is 51.5 Å². The number of nitrogens with one attached hydrogen (secondary N) is 1. The lowest BCUT2D eigenvalue weighted by Crippen LogP contribution is -1.64. The van der Waals surface area contributed by atoms with Crippen LogP contribution >= 0.6 is 0 Å². The van der Waals surface area contributed by atoms with Crippen LogP contribution in [-0.4, -0.2) is 28.8 Å². The van der Waals surface area contributed by atoms with Crippen LogP contribution in [0.2, 0.25) is 0 Å². The summed E-state index contributed by atoms with van der Waals surface area (Å²) in [5.41, 5.74) is 0. The summed E-state index contributed by atoms with van der Waals surface area (Å²) in [7, 11) is 0. The molecule has 0 radical (unpaired) electrons. The van der Waals surface area contributed by atoms with Crippen LogP contribution in [0.15, 0.2) is 9.98 Å². The lowest BCUT2D eigenvalue weighted by molar-refractivity contribution is 0.940. The second-order valence-electron chi connectivity index (χ2n) is 1.29. The summed E-state index contributed by atoms with van der Waals surface area (Å²) in [6.07, 6.45) is 0. The third-order valence-corrected chi connectivity index (χ3v) is 0.811. The number of rotatable bonds is 2. The molecule has 0 aromatic carbocycles. The molecule has 0 amide bonds. The monoisotopic (exact) mass is 123 g/mol. The first-order valence-electron chi connectivity index (χ1n) is 2.22. The average molecular weight is 123 g/mol. The van der Waals surface area contributed by atoms with E-state index >= 15 is 0 Å². The van der Waals surface area contributed by atoms with Crippen molar-refractivity contribution >= 4 is 25.1 Å². The largest absolute Gasteiger partial charge is 0.240 e. The summed E-state index contributed by atoms with van der Waals surface area (Å²) in [5.74, 6) is 0.759. The number of nitrogens with zero attached hydrogens (tertiary/aromatic N) is 4. The van der Waals surface area contributed by atoms with Gasteiger partial charge in [0.25, 0.3) is 0 Å². The number of aromatic nitrogens is 3. The van der Waals surface area contributed by atoms with Crippen LogP contribution in [0.1, 0.15) is 0 Å². The molecule has 0 bridgehead atoms. The van der Waals surface area contributed by atoms with Crippen LogP contribution in [0, 0.1) is 0 Å². The Morgan fingerprint density at radius 1 is 1.11 bits per heavy atom. The number of H-pyrrole nitrogens is 1. The minimum atomic E-state index is 0.380. The van der Waals surface area contributed by atoms with Gasteiger partial charge in [-0.05, 0) is 13.4 Å². The molecule has 0 unspecified atom stereocenters. The Morgan fingerprint density at radius 3 is 1.89 bits per heavy atom. The van der Waals surface area contributed by atoms with Crippen LogP contribution in [0.3, 0.4) is 0 Å². The SMILES string of the molecule is C=Nc1n[nH]nc1N=C. The molecule has 0 aliphatic carbocycles. The summed E-state index contributed by atoms with van der Waals surface area (Å²) in [6.45, 7) is 6.50. The third kappa shape index (κ3) is 0.835. The molecule has 5 heteroatoms. The van der Waals surface area contributed by atoms with Gasteiger partial charge in [-0.3, -0.25) is 0 Å². The predicted octanol–water partition coefficient (Wildman–Crippen LogP) is 0.469. The zero-order chi connectivity index (χ0) is 6.69. The van der Waals surface area contributed by atoms with Crippen LogP contribution in [-0.2, 0) is 0 Å². The average Bonchev–Trinajstić information content (AvgIpc) is 2.33. The maximum Gasteiger partial charge on any atom is 0.220 e. The first-order chi connectivity index (χ1) is 4.38. The maximum absolute atomic E-state index is 3.61. The highest BCUT2D eigenvalue weighted by molar-refractivity contribution is 5.56. The standard InChI is InChI=1S/C4H5N5/c1-5-3-4(6-2)8-9-7-3/h1-2H2,(H,7,8,9). The van der Waals surface area contributed by atoms with Crippen molar-refractivity contribution in [2.45, 2.75) is 0 Å². The third-order valence-electron chi connectivity index (χ3n) is 0.811. The first-order valence-corrected chi connectivity index (χ1v) is 2.22. The fraction of sp³-hybridized carbons (Fsp3) is 0. The summed E-state index contributed by atoms with van der Waals surface area (Å²) in [4.78, 5) is 7.03. The van der Waals surface area contributed by atoms with E-state index in [2.05, 4.69) is 38.8 Å². The van der Waals surface area contributed by atoms with E-state index in [1.807, 2.05) is 0 Å². The van der Waals surface area contributed by atoms with Gasteiger partial charge in [-0.1, -0.05) is 0 Å². The molecule has 0 atom stereocenters. The van der Waals surface area contributed by atoms with Crippen molar-refractivity contribution in [1.29, 1.82) is 0 Å². The molecule has 0 aliphatic heterocycles. The quantitative estimate of drug-likeness (QED) is 0.581. The number of hydrogen-bond donors (Lipinski definition) is 1. The summed E-state index contributed by atoms with van der Waals surface area (Å²) in [5, 5.41) is 9.55. The van der Waals surface area contributed by atoms with Crippen molar-refractivity contribution in [1.82, 2.24) is 15.4 Å². The second-order valence-corrected chi connectivity index (χ2v) is 1.29. The van der Waals surface area contributed by atoms with E-state index in [0.717, 1.165) is 0 Å². The van der Waals surface area contributed by atoms with Crippen LogP contribution in [0.4, 0.5) is 11.6 Å². The summed E-state index contributed by atoms with van der Waals surface area (Å²) < 4.78 is 0. The van der Waals surface area contributed by atoms with Gasteiger partial charge in [0.05, 0.1) is 0 Å². The minimum Gasteiger partial charge on any atom is -0.240 e. The maximum atomic E-state index is 3.61. The van der Waals surface area contributed by atoms with E-state index in [0.29, 0.717) is 11.6 Å². The van der Waals surface area contributed by atoms with Crippen molar-refractivity contribution in [2.24, 2.45) is 9.98 Å². The molecule has 1 aromatic heterocycles. The Morgan fingerprint density at radius 2 is 1.56 bits per heavy atom. The van der Waals surface area contributed by atoms with Gasteiger partial charge >= 0.3 is 0 Å². The van der Waals surface area contributed by atoms with Crippen molar-refractivity contribution < 1.29 is 0 Å². The molecular weight excluding hydrogens is 118 g/mol. The van der Waals surface area contributed by atoms with Gasteiger partial charge < -0.3 is 0 Å². The van der Waals surface area contributed by atoms with Gasteiger partial charge in [0, 0.05) is 0 Å². The molecule has 1 rings (SSSR count). The van der Waals surface area contributed by atoms with Gasteiger partial charge in [0.2, 0.25) is 11.6 Å². The molecule has 5 nitrogen and oxygen atoms in total. The number of hydrogen-bond acceptors (Lipinski definition) is 4. The Hall–Kier alpha value is -1.52. The van der Waals surface area contributed by atoms with Gasteiger partial charge in [0.15, 0.2) is 0 Å². The fourth-order valence-corrected chi connectivity index (χ4v) is 0.432. The van der Waals surface area contributed by atoms with Crippen molar-refractivity contribution in [3.8, 4) is 0 Å². The molecule has 0 fully saturated rings. The minimum absolute atomic E-state index is 0.380. The van der Waals surface area contributed by atoms with Gasteiger partial charge in [-0.25, -0.2) is 9.98 Å². The molecule has 46 valence electrons. The lowest BCUT2D eigenvalue weighted by atomic mass is 10.7. The van der Waals surface area contributed by atoms with E-state index in [-0.39, 0.29) is 0 Å². The smallest absolute Gasteiger partial charge is 0.220 e. The van der Waals surface area contributed by atoms with Gasteiger partial charge in [-0.2, -0.15) is 5.21 Å². The van der Waals surface area contributed by atoms with E-state index in [1.54, 1.807) is 0 Å². The van der Waals surface area contributed by atoms with Gasteiger partial charge in [0.1, 0.15) is 0 Å². The molecule has 0 aliphatic rings. The molecule has 9 heavy (non-hydrogen) atoms. The Balaban J connectivity index is 3.12. The van der Waals surface area contributed by atoms with E-state index in [4.69, 9.17) is 0 Å². The number of aromatic amines is 1. The predicted molar refractivity (Wildman–Crippen MR) is 34.8 cm³/mol. The number of aliphatic imine (C=N–C) groups is 2. The topological polar surface area (TPSA) is 66.3 Å². The molecule has 0 saturated heterocycles. The zero-order valence-corrected chi connectivity index (χ0v) is 4.70. The lowest BCUT2D eigenvalue weighted by Gasteiger charge is -1.79. The normalized spacial score (nSPS) is 8.89. The zero-order valence-electron chi connectivity index (χ0n) is 4.70. The van der Waals surface area contributed by atoms with E-state index in [1.165, 1.54) is 0 Å². The van der Waals surface area contributed by atoms with Crippen molar-refractivity contribution in [3.05, 3.63) is 0 Å². The molecule has 1 heterocycles. The van der Waals surface area contributed by atoms with Crippen LogP contribution in [0.25, 0.3) is 0 Å². The van der Waals surface area contributed by atoms with Crippen LogP contribution < -0.4 is 0 Å². The first kappa shape index (κ1) is 5.61. The summed E-state index contributed by atoms with van der Waals surface area (Å²) >= 11 is 0. The molecular formula is C4H5N5. The fourth-order valence-electron chi connectivity index (χ4n) is 0.432. The Kier molecular flexibility index (Phi) is 1.35. The highest BCUT2D eigenvalue weighted by Crippen LogP contribution is 2.18. The highest BCUT2D eigenvalue weighted by Gasteiger charge is 1.99. The second kappa shape index (κ2) is 2.17.